The van der Waals surface area contributed by atoms with Gasteiger partial charge in [-0.3, -0.25) is 9.59 Å². The molecule has 28 heavy (non-hydrogen) atoms. The summed E-state index contributed by atoms with van der Waals surface area (Å²) in [6, 6.07) is 5.54. The Bertz CT molecular complexity index is 699. The fraction of sp³-hybridized carbons (Fsp3) is 0.222. The van der Waals surface area contributed by atoms with Crippen LogP contribution in [0.15, 0.2) is 49.6 Å². The molecule has 10 heteroatoms. The van der Waals surface area contributed by atoms with Crippen molar-refractivity contribution in [3.63, 3.8) is 0 Å². The van der Waals surface area contributed by atoms with Gasteiger partial charge in [-0.25, -0.2) is 19.3 Å². The van der Waals surface area contributed by atoms with Crippen molar-refractivity contribution < 1.29 is 38.5 Å². The van der Waals surface area contributed by atoms with Crippen molar-refractivity contribution in [2.45, 2.75) is 13.8 Å². The number of benzene rings is 1. The Hall–Kier alpha value is -3.50. The lowest BCUT2D eigenvalue weighted by atomic mass is 10.1. The molecule has 0 N–H and O–H groups in total. The smallest absolute Gasteiger partial charge is 0.307 e. The summed E-state index contributed by atoms with van der Waals surface area (Å²) in [4.78, 5) is 67.7. The lowest BCUT2D eigenvalue weighted by Crippen LogP contribution is -2.37. The van der Waals surface area contributed by atoms with E-state index < -0.39 is 23.8 Å². The van der Waals surface area contributed by atoms with Crippen molar-refractivity contribution in [2.75, 3.05) is 13.2 Å². The second-order valence-corrected chi connectivity index (χ2v) is 4.73. The van der Waals surface area contributed by atoms with Crippen molar-refractivity contribution in [1.29, 1.82) is 0 Å². The van der Waals surface area contributed by atoms with Crippen LogP contribution in [0.4, 0.5) is 0 Å². The average molecular weight is 392 g/mol. The Morgan fingerprint density at radius 2 is 1.18 bits per heavy atom. The molecule has 0 radical (unpaired) electrons. The van der Waals surface area contributed by atoms with Gasteiger partial charge in [0, 0.05) is 12.2 Å². The molecule has 10 nitrogen and oxygen atoms in total. The summed E-state index contributed by atoms with van der Waals surface area (Å²) < 4.78 is 0. The molecule has 1 aromatic rings. The van der Waals surface area contributed by atoms with E-state index in [9.17, 15) is 19.2 Å². The molecule has 1 aromatic carbocycles. The van der Waals surface area contributed by atoms with Crippen LogP contribution in [0.2, 0.25) is 0 Å². The van der Waals surface area contributed by atoms with Gasteiger partial charge >= 0.3 is 23.8 Å². The predicted molar refractivity (Wildman–Crippen MR) is 94.6 cm³/mol. The lowest BCUT2D eigenvalue weighted by Gasteiger charge is -2.22. The third kappa shape index (κ3) is 6.04. The molecule has 0 aliphatic heterocycles. The first-order chi connectivity index (χ1) is 13.4. The zero-order valence-corrected chi connectivity index (χ0v) is 15.5. The number of hydrogen-bond acceptors (Lipinski definition) is 8. The number of hydroxylamine groups is 4. The van der Waals surface area contributed by atoms with Crippen LogP contribution in [-0.2, 0) is 28.9 Å². The predicted octanol–water partition coefficient (Wildman–Crippen LogP) is 1.76. The highest BCUT2D eigenvalue weighted by Gasteiger charge is 2.29. The molecule has 1 rings (SSSR count). The number of nitrogens with zero attached hydrogens (tertiary/aromatic N) is 2. The van der Waals surface area contributed by atoms with E-state index >= 15 is 0 Å². The molecule has 0 saturated carbocycles. The summed E-state index contributed by atoms with van der Waals surface area (Å²) in [5.74, 6) is -3.79. The fourth-order valence-corrected chi connectivity index (χ4v) is 1.78. The molecular formula is C18H20N2O8. The quantitative estimate of drug-likeness (QED) is 0.486. The van der Waals surface area contributed by atoms with Gasteiger partial charge in [-0.1, -0.05) is 25.3 Å². The molecule has 0 fully saturated rings. The van der Waals surface area contributed by atoms with Gasteiger partial charge in [0.15, 0.2) is 0 Å². The number of rotatable bonds is 8. The van der Waals surface area contributed by atoms with Crippen LogP contribution in [-0.4, -0.2) is 47.4 Å². The van der Waals surface area contributed by atoms with Gasteiger partial charge in [-0.2, -0.15) is 0 Å². The average Bonchev–Trinajstić information content (AvgIpc) is 2.71. The van der Waals surface area contributed by atoms with Gasteiger partial charge in [0.25, 0.3) is 0 Å². The summed E-state index contributed by atoms with van der Waals surface area (Å²) in [5.41, 5.74) is -0.394. The highest BCUT2D eigenvalue weighted by atomic mass is 17.0. The standard InChI is InChI=1S/C18H20N2O8/c1-5-15(21)27-19(25-7-3)17(23)13-11-9-10-12-14(13)18(24)20(26-8-4)28-16(22)6-2/h5-6,9-12H,1-2,7-8H2,3-4H3. The van der Waals surface area contributed by atoms with Crippen LogP contribution < -0.4 is 0 Å². The van der Waals surface area contributed by atoms with Crippen molar-refractivity contribution in [1.82, 2.24) is 10.5 Å². The molecule has 0 aromatic heterocycles. The van der Waals surface area contributed by atoms with Crippen molar-refractivity contribution in [3.8, 4) is 0 Å². The molecule has 0 aliphatic carbocycles. The van der Waals surface area contributed by atoms with E-state index in [1.165, 1.54) is 24.3 Å². The van der Waals surface area contributed by atoms with Crippen LogP contribution >= 0.6 is 0 Å². The lowest BCUT2D eigenvalue weighted by molar-refractivity contribution is -0.304. The molecule has 0 heterocycles. The van der Waals surface area contributed by atoms with E-state index in [0.717, 1.165) is 12.2 Å². The van der Waals surface area contributed by atoms with Crippen LogP contribution in [0, 0.1) is 0 Å². The largest absolute Gasteiger partial charge is 0.358 e. The first-order valence-electron chi connectivity index (χ1n) is 8.12. The molecule has 0 saturated heterocycles. The van der Waals surface area contributed by atoms with E-state index in [-0.39, 0.29) is 24.3 Å². The van der Waals surface area contributed by atoms with E-state index in [0.29, 0.717) is 10.5 Å². The normalized spacial score (nSPS) is 9.79. The number of amides is 2. The molecule has 0 bridgehead atoms. The molecule has 0 aliphatic rings. The maximum absolute atomic E-state index is 12.7. The second kappa shape index (κ2) is 11.3. The van der Waals surface area contributed by atoms with Crippen LogP contribution in [0.5, 0.6) is 0 Å². The van der Waals surface area contributed by atoms with Crippen molar-refractivity contribution in [2.24, 2.45) is 0 Å². The minimum atomic E-state index is -0.951. The minimum Gasteiger partial charge on any atom is -0.307 e. The first kappa shape index (κ1) is 22.5. The van der Waals surface area contributed by atoms with Crippen LogP contribution in [0.3, 0.4) is 0 Å². The summed E-state index contributed by atoms with van der Waals surface area (Å²) in [6.07, 6.45) is 1.67. The van der Waals surface area contributed by atoms with E-state index in [1.54, 1.807) is 13.8 Å². The molecular weight excluding hydrogens is 372 g/mol. The molecule has 150 valence electrons. The zero-order valence-electron chi connectivity index (χ0n) is 15.5. The maximum atomic E-state index is 12.7. The highest BCUT2D eigenvalue weighted by Crippen LogP contribution is 2.16. The van der Waals surface area contributed by atoms with Gasteiger partial charge in [-0.15, -0.1) is 0 Å². The number of carbonyl (C=O) groups excluding carboxylic acids is 4. The SMILES string of the molecule is C=CC(=O)ON(OCC)C(=O)c1ccccc1C(=O)N(OCC)OC(=O)C=C. The van der Waals surface area contributed by atoms with Crippen LogP contribution in [0.1, 0.15) is 34.6 Å². The van der Waals surface area contributed by atoms with Crippen molar-refractivity contribution in [3.05, 3.63) is 60.7 Å². The summed E-state index contributed by atoms with van der Waals surface area (Å²) >= 11 is 0. The molecule has 2 amide bonds. The number of carbonyl (C=O) groups is 4. The van der Waals surface area contributed by atoms with Gasteiger partial charge in [0.05, 0.1) is 24.3 Å². The number of hydrogen-bond donors (Lipinski definition) is 0. The third-order valence-corrected chi connectivity index (χ3v) is 2.89. The Labute approximate surface area is 161 Å². The minimum absolute atomic E-state index is 0.00566. The maximum Gasteiger partial charge on any atom is 0.358 e. The monoisotopic (exact) mass is 392 g/mol. The summed E-state index contributed by atoms with van der Waals surface area (Å²) in [7, 11) is 0. The van der Waals surface area contributed by atoms with Gasteiger partial charge in [0.1, 0.15) is 0 Å². The van der Waals surface area contributed by atoms with Gasteiger partial charge < -0.3 is 9.68 Å². The molecule has 0 atom stereocenters. The van der Waals surface area contributed by atoms with Crippen LogP contribution in [0.25, 0.3) is 0 Å². The van der Waals surface area contributed by atoms with Crippen molar-refractivity contribution >= 4 is 23.8 Å². The van der Waals surface area contributed by atoms with E-state index in [4.69, 9.17) is 19.4 Å². The molecule has 0 spiro atoms. The third-order valence-electron chi connectivity index (χ3n) is 2.89. The highest BCUT2D eigenvalue weighted by molar-refractivity contribution is 6.06. The van der Waals surface area contributed by atoms with E-state index in [1.807, 2.05) is 0 Å². The topological polar surface area (TPSA) is 112 Å². The first-order valence-corrected chi connectivity index (χ1v) is 8.12. The second-order valence-electron chi connectivity index (χ2n) is 4.73. The molecule has 0 unspecified atom stereocenters. The summed E-state index contributed by atoms with van der Waals surface area (Å²) in [5, 5.41) is 0.661. The van der Waals surface area contributed by atoms with Gasteiger partial charge in [-0.05, 0) is 36.4 Å². The Kier molecular flexibility index (Phi) is 9.07. The van der Waals surface area contributed by atoms with Gasteiger partial charge in [0.2, 0.25) is 0 Å². The Balaban J connectivity index is 3.25. The fourth-order valence-electron chi connectivity index (χ4n) is 1.78. The summed E-state index contributed by atoms with van der Waals surface area (Å²) in [6.45, 7) is 9.57. The van der Waals surface area contributed by atoms with E-state index in [2.05, 4.69) is 13.2 Å². The zero-order chi connectivity index (χ0) is 21.1. The Morgan fingerprint density at radius 3 is 1.46 bits per heavy atom. The Morgan fingerprint density at radius 1 is 0.821 bits per heavy atom.